The van der Waals surface area contributed by atoms with Gasteiger partial charge in [-0.3, -0.25) is 4.68 Å². The summed E-state index contributed by atoms with van der Waals surface area (Å²) in [5.74, 6) is 0.735. The molecule has 0 spiro atoms. The third-order valence-corrected chi connectivity index (χ3v) is 4.45. The van der Waals surface area contributed by atoms with E-state index in [1.54, 1.807) is 0 Å². The van der Waals surface area contributed by atoms with Crippen molar-refractivity contribution in [2.45, 2.75) is 59.4 Å². The Labute approximate surface area is 121 Å². The van der Waals surface area contributed by atoms with E-state index in [-0.39, 0.29) is 0 Å². The highest BCUT2D eigenvalue weighted by atomic mass is 15.3. The number of rotatable bonds is 3. The van der Waals surface area contributed by atoms with Gasteiger partial charge in [0.2, 0.25) is 0 Å². The summed E-state index contributed by atoms with van der Waals surface area (Å²) in [6, 6.07) is 7.15. The van der Waals surface area contributed by atoms with Crippen LogP contribution in [0.15, 0.2) is 18.2 Å². The quantitative estimate of drug-likeness (QED) is 0.771. The first-order valence-corrected chi connectivity index (χ1v) is 7.65. The maximum Gasteiger partial charge on any atom is 0.0960 e. The van der Waals surface area contributed by atoms with Crippen LogP contribution in [0.1, 0.15) is 61.0 Å². The van der Waals surface area contributed by atoms with Crippen molar-refractivity contribution in [3.8, 4) is 11.3 Å². The number of hydrogen-bond donors (Lipinski definition) is 0. The Morgan fingerprint density at radius 3 is 2.35 bits per heavy atom. The fourth-order valence-corrected chi connectivity index (χ4v) is 3.00. The van der Waals surface area contributed by atoms with Crippen LogP contribution in [0.4, 0.5) is 0 Å². The third kappa shape index (κ3) is 2.17. The van der Waals surface area contributed by atoms with Crippen LogP contribution in [0.5, 0.6) is 0 Å². The predicted octanol–water partition coefficient (Wildman–Crippen LogP) is 4.93. The molecule has 1 aliphatic rings. The zero-order valence-electron chi connectivity index (χ0n) is 13.2. The summed E-state index contributed by atoms with van der Waals surface area (Å²) >= 11 is 0. The van der Waals surface area contributed by atoms with Crippen LogP contribution in [0, 0.1) is 20.8 Å². The van der Waals surface area contributed by atoms with Gasteiger partial charge in [-0.15, -0.1) is 0 Å². The molecule has 0 atom stereocenters. The molecule has 2 heteroatoms. The van der Waals surface area contributed by atoms with Gasteiger partial charge in [-0.2, -0.15) is 5.10 Å². The van der Waals surface area contributed by atoms with Crippen molar-refractivity contribution < 1.29 is 0 Å². The van der Waals surface area contributed by atoms with E-state index >= 15 is 0 Å². The summed E-state index contributed by atoms with van der Waals surface area (Å²) in [7, 11) is 0. The fraction of sp³-hybridized carbons (Fsp3) is 0.500. The Hall–Kier alpha value is -1.57. The second-order valence-corrected chi connectivity index (χ2v) is 6.46. The molecule has 0 unspecified atom stereocenters. The van der Waals surface area contributed by atoms with Crippen molar-refractivity contribution >= 4 is 0 Å². The molecule has 0 N–H and O–H groups in total. The second kappa shape index (κ2) is 4.76. The summed E-state index contributed by atoms with van der Waals surface area (Å²) in [6.45, 7) is 11.0. The number of hydrogen-bond acceptors (Lipinski definition) is 1. The molecule has 3 rings (SSSR count). The van der Waals surface area contributed by atoms with Crippen LogP contribution in [-0.4, -0.2) is 9.78 Å². The first-order chi connectivity index (χ1) is 9.49. The normalized spacial score (nSPS) is 15.1. The van der Waals surface area contributed by atoms with Gasteiger partial charge in [-0.1, -0.05) is 12.1 Å². The topological polar surface area (TPSA) is 17.8 Å². The van der Waals surface area contributed by atoms with Gasteiger partial charge in [0.05, 0.1) is 5.69 Å². The van der Waals surface area contributed by atoms with E-state index in [9.17, 15) is 0 Å². The minimum atomic E-state index is 0.424. The van der Waals surface area contributed by atoms with Crippen molar-refractivity contribution in [2.24, 2.45) is 0 Å². The monoisotopic (exact) mass is 268 g/mol. The molecule has 1 heterocycles. The maximum atomic E-state index is 4.93. The Morgan fingerprint density at radius 1 is 1.10 bits per heavy atom. The van der Waals surface area contributed by atoms with E-state index in [1.165, 1.54) is 46.5 Å². The lowest BCUT2D eigenvalue weighted by molar-refractivity contribution is 0.519. The number of aryl methyl sites for hydroxylation is 2. The molecule has 0 radical (unpaired) electrons. The summed E-state index contributed by atoms with van der Waals surface area (Å²) in [4.78, 5) is 0. The molecule has 0 saturated heterocycles. The third-order valence-electron chi connectivity index (χ3n) is 4.45. The van der Waals surface area contributed by atoms with Crippen LogP contribution in [0.2, 0.25) is 0 Å². The predicted molar refractivity (Wildman–Crippen MR) is 84.2 cm³/mol. The molecule has 2 aromatic rings. The summed E-state index contributed by atoms with van der Waals surface area (Å²) < 4.78 is 2.19. The van der Waals surface area contributed by atoms with Crippen molar-refractivity contribution in [1.82, 2.24) is 9.78 Å². The molecule has 0 aliphatic heterocycles. The van der Waals surface area contributed by atoms with Crippen molar-refractivity contribution in [2.75, 3.05) is 0 Å². The molecule has 1 aromatic carbocycles. The van der Waals surface area contributed by atoms with Crippen molar-refractivity contribution in [3.63, 3.8) is 0 Å². The summed E-state index contributed by atoms with van der Waals surface area (Å²) in [6.07, 6.45) is 2.64. The minimum absolute atomic E-state index is 0.424. The van der Waals surface area contributed by atoms with Gasteiger partial charge in [-0.25, -0.2) is 0 Å². The second-order valence-electron chi connectivity index (χ2n) is 6.46. The van der Waals surface area contributed by atoms with Gasteiger partial charge in [0.1, 0.15) is 0 Å². The largest absolute Gasteiger partial charge is 0.266 e. The van der Waals surface area contributed by atoms with E-state index in [4.69, 9.17) is 5.10 Å². The average Bonchev–Trinajstić information content (AvgIpc) is 3.16. The standard InChI is InChI=1S/C18H24N2/c1-11(2)20-14(5)17(15-8-9-15)18(19-20)16-7-6-12(3)13(4)10-16/h6-7,10-11,15H,8-9H2,1-5H3. The highest BCUT2D eigenvalue weighted by Crippen LogP contribution is 2.46. The van der Waals surface area contributed by atoms with Gasteiger partial charge < -0.3 is 0 Å². The highest BCUT2D eigenvalue weighted by molar-refractivity contribution is 5.67. The first kappa shape index (κ1) is 13.4. The number of benzene rings is 1. The van der Waals surface area contributed by atoms with Gasteiger partial charge in [0.15, 0.2) is 0 Å². The van der Waals surface area contributed by atoms with Crippen LogP contribution in [0.3, 0.4) is 0 Å². The molecule has 0 amide bonds. The minimum Gasteiger partial charge on any atom is -0.266 e. The van der Waals surface area contributed by atoms with Crippen LogP contribution < -0.4 is 0 Å². The Morgan fingerprint density at radius 2 is 1.80 bits per heavy atom. The molecule has 2 nitrogen and oxygen atoms in total. The number of aromatic nitrogens is 2. The van der Waals surface area contributed by atoms with E-state index in [1.807, 2.05) is 0 Å². The van der Waals surface area contributed by atoms with Crippen LogP contribution in [-0.2, 0) is 0 Å². The maximum absolute atomic E-state index is 4.93. The van der Waals surface area contributed by atoms with Gasteiger partial charge >= 0.3 is 0 Å². The van der Waals surface area contributed by atoms with E-state index in [0.29, 0.717) is 6.04 Å². The molecule has 106 valence electrons. The Kier molecular flexibility index (Phi) is 3.19. The van der Waals surface area contributed by atoms with Crippen LogP contribution in [0.25, 0.3) is 11.3 Å². The molecule has 1 saturated carbocycles. The van der Waals surface area contributed by atoms with Crippen LogP contribution >= 0.6 is 0 Å². The van der Waals surface area contributed by atoms with Gasteiger partial charge in [-0.05, 0) is 70.6 Å². The lowest BCUT2D eigenvalue weighted by atomic mass is 9.99. The molecular formula is C18H24N2. The van der Waals surface area contributed by atoms with Crippen molar-refractivity contribution in [3.05, 3.63) is 40.6 Å². The molecule has 0 bridgehead atoms. The first-order valence-electron chi connectivity index (χ1n) is 7.65. The molecular weight excluding hydrogens is 244 g/mol. The zero-order valence-corrected chi connectivity index (χ0v) is 13.2. The Balaban J connectivity index is 2.16. The lowest BCUT2D eigenvalue weighted by Gasteiger charge is -2.08. The molecule has 20 heavy (non-hydrogen) atoms. The summed E-state index contributed by atoms with van der Waals surface area (Å²) in [5.41, 5.74) is 8.03. The smallest absolute Gasteiger partial charge is 0.0960 e. The fourth-order valence-electron chi connectivity index (χ4n) is 3.00. The average molecular weight is 268 g/mol. The molecule has 1 aliphatic carbocycles. The van der Waals surface area contributed by atoms with E-state index < -0.39 is 0 Å². The summed E-state index contributed by atoms with van der Waals surface area (Å²) in [5, 5.41) is 4.93. The molecule has 1 aromatic heterocycles. The number of nitrogens with zero attached hydrogens (tertiary/aromatic N) is 2. The molecule has 1 fully saturated rings. The SMILES string of the molecule is Cc1ccc(-c2nn(C(C)C)c(C)c2C2CC2)cc1C. The lowest BCUT2D eigenvalue weighted by Crippen LogP contribution is -2.05. The van der Waals surface area contributed by atoms with Gasteiger partial charge in [0, 0.05) is 22.9 Å². The highest BCUT2D eigenvalue weighted by Gasteiger charge is 2.31. The zero-order chi connectivity index (χ0) is 14.4. The van der Waals surface area contributed by atoms with Gasteiger partial charge in [0.25, 0.3) is 0 Å². The van der Waals surface area contributed by atoms with Crippen molar-refractivity contribution in [1.29, 1.82) is 0 Å². The Bertz CT molecular complexity index is 646. The van der Waals surface area contributed by atoms with E-state index in [2.05, 4.69) is 57.5 Å². The van der Waals surface area contributed by atoms with E-state index in [0.717, 1.165) is 5.92 Å².